The van der Waals surface area contributed by atoms with Gasteiger partial charge < -0.3 is 16.0 Å². The summed E-state index contributed by atoms with van der Waals surface area (Å²) < 4.78 is 28.8. The first kappa shape index (κ1) is 28.6. The molecule has 0 bridgehead atoms. The zero-order chi connectivity index (χ0) is 29.0. The lowest BCUT2D eigenvalue weighted by Crippen LogP contribution is -2.53. The minimum absolute atomic E-state index is 0.0105. The predicted molar refractivity (Wildman–Crippen MR) is 155 cm³/mol. The Morgan fingerprint density at radius 2 is 1.85 bits per heavy atom. The van der Waals surface area contributed by atoms with Gasteiger partial charge in [-0.15, -0.1) is 0 Å². The van der Waals surface area contributed by atoms with Gasteiger partial charge in [0.2, 0.25) is 10.0 Å². The first-order valence-corrected chi connectivity index (χ1v) is 16.0. The molecule has 3 N–H and O–H groups in total. The fraction of sp³-hybridized carbons (Fsp3) is 0.621. The lowest BCUT2D eigenvalue weighted by atomic mass is 9.87. The van der Waals surface area contributed by atoms with E-state index in [4.69, 9.17) is 10.8 Å². The topological polar surface area (TPSA) is 131 Å². The SMILES string of the molecule is Cc1nn(-c2ccc(C(N)=O)c(NC3CCN(S(=O)(=O)CC(C)C)CC3)c2)c2c1C(=O)N(CC1CC1)C(C)(C)C2. The quantitative estimate of drug-likeness (QED) is 0.476. The summed E-state index contributed by atoms with van der Waals surface area (Å²) in [4.78, 5) is 28.0. The second-order valence-electron chi connectivity index (χ2n) is 12.8. The molecule has 3 aliphatic rings. The lowest BCUT2D eigenvalue weighted by molar-refractivity contribution is 0.0487. The van der Waals surface area contributed by atoms with Crippen molar-refractivity contribution < 1.29 is 18.0 Å². The van der Waals surface area contributed by atoms with Crippen molar-refractivity contribution in [1.82, 2.24) is 19.0 Å². The number of aryl methyl sites for hydroxylation is 1. The highest BCUT2D eigenvalue weighted by Crippen LogP contribution is 2.38. The number of nitrogens with zero attached hydrogens (tertiary/aromatic N) is 4. The molecule has 1 saturated carbocycles. The molecule has 1 aromatic heterocycles. The van der Waals surface area contributed by atoms with Gasteiger partial charge in [0.05, 0.1) is 34.0 Å². The molecule has 2 aliphatic heterocycles. The van der Waals surface area contributed by atoms with E-state index in [0.717, 1.165) is 17.9 Å². The van der Waals surface area contributed by atoms with Crippen LogP contribution in [0, 0.1) is 18.8 Å². The van der Waals surface area contributed by atoms with Crippen LogP contribution in [0.1, 0.15) is 85.5 Å². The van der Waals surface area contributed by atoms with Gasteiger partial charge in [0, 0.05) is 43.3 Å². The number of primary amides is 1. The van der Waals surface area contributed by atoms with Crippen LogP contribution in [0.3, 0.4) is 0 Å². The Morgan fingerprint density at radius 1 is 1.18 bits per heavy atom. The molecule has 0 unspecified atom stereocenters. The van der Waals surface area contributed by atoms with E-state index in [1.807, 2.05) is 42.5 Å². The Labute approximate surface area is 237 Å². The van der Waals surface area contributed by atoms with Gasteiger partial charge in [0.15, 0.2) is 0 Å². The molecule has 0 atom stereocenters. The van der Waals surface area contributed by atoms with Crippen molar-refractivity contribution in [2.75, 3.05) is 30.7 Å². The summed E-state index contributed by atoms with van der Waals surface area (Å²) in [5.74, 6) is 0.298. The normalized spacial score (nSPS) is 20.1. The zero-order valence-corrected chi connectivity index (χ0v) is 25.1. The van der Waals surface area contributed by atoms with Gasteiger partial charge in [-0.25, -0.2) is 17.4 Å². The van der Waals surface area contributed by atoms with Crippen LogP contribution in [0.2, 0.25) is 0 Å². The molecule has 0 radical (unpaired) electrons. The number of anilines is 1. The van der Waals surface area contributed by atoms with Gasteiger partial charge in [-0.05, 0) is 76.5 Å². The number of carbonyl (C=O) groups excluding carboxylic acids is 2. The number of sulfonamides is 1. The summed E-state index contributed by atoms with van der Waals surface area (Å²) in [5, 5.41) is 8.25. The van der Waals surface area contributed by atoms with E-state index in [1.165, 1.54) is 12.8 Å². The number of nitrogens with one attached hydrogen (secondary N) is 1. The van der Waals surface area contributed by atoms with Crippen molar-refractivity contribution in [3.63, 3.8) is 0 Å². The highest BCUT2D eigenvalue weighted by Gasteiger charge is 2.43. The molecular formula is C29H42N6O4S. The smallest absolute Gasteiger partial charge is 0.258 e. The monoisotopic (exact) mass is 570 g/mol. The maximum absolute atomic E-state index is 13.6. The molecule has 1 aliphatic carbocycles. The highest BCUT2D eigenvalue weighted by atomic mass is 32.2. The molecule has 3 heterocycles. The Kier molecular flexibility index (Phi) is 7.50. The third-order valence-electron chi connectivity index (χ3n) is 8.35. The first-order chi connectivity index (χ1) is 18.8. The second-order valence-corrected chi connectivity index (χ2v) is 14.8. The first-order valence-electron chi connectivity index (χ1n) is 14.4. The molecule has 218 valence electrons. The number of nitrogens with two attached hydrogens (primary N) is 1. The Balaban J connectivity index is 1.40. The Hall–Kier alpha value is -2.92. The average molecular weight is 571 g/mol. The third kappa shape index (κ3) is 5.63. The molecule has 40 heavy (non-hydrogen) atoms. The molecule has 0 spiro atoms. The molecule has 5 rings (SSSR count). The van der Waals surface area contributed by atoms with Crippen molar-refractivity contribution in [1.29, 1.82) is 0 Å². The van der Waals surface area contributed by atoms with Crippen LogP contribution < -0.4 is 11.1 Å². The van der Waals surface area contributed by atoms with Crippen molar-refractivity contribution in [2.24, 2.45) is 17.6 Å². The molecule has 1 aromatic carbocycles. The van der Waals surface area contributed by atoms with Crippen LogP contribution in [-0.2, 0) is 16.4 Å². The van der Waals surface area contributed by atoms with Gasteiger partial charge in [0.25, 0.3) is 11.8 Å². The number of rotatable bonds is 9. The van der Waals surface area contributed by atoms with E-state index in [9.17, 15) is 18.0 Å². The van der Waals surface area contributed by atoms with Crippen molar-refractivity contribution in [3.05, 3.63) is 40.7 Å². The van der Waals surface area contributed by atoms with Gasteiger partial charge >= 0.3 is 0 Å². The van der Waals surface area contributed by atoms with E-state index >= 15 is 0 Å². The van der Waals surface area contributed by atoms with Crippen LogP contribution in [0.25, 0.3) is 5.69 Å². The fourth-order valence-electron chi connectivity index (χ4n) is 6.06. The zero-order valence-electron chi connectivity index (χ0n) is 24.2. The summed E-state index contributed by atoms with van der Waals surface area (Å²) in [7, 11) is -3.28. The third-order valence-corrected chi connectivity index (χ3v) is 10.6. The standard InChI is InChI=1S/C29H42N6O4S/c1-18(2)17-40(38,39)33-12-10-21(11-13-33)31-24-14-22(8-9-23(24)27(30)36)35-25-15-29(4,5)34(16-20-6-7-20)28(37)26(25)19(3)32-35/h8-9,14,18,20-21,31H,6-7,10-13,15-17H2,1-5H3,(H2,30,36). The molecule has 11 heteroatoms. The van der Waals surface area contributed by atoms with Crippen molar-refractivity contribution >= 4 is 27.5 Å². The van der Waals surface area contributed by atoms with E-state index in [0.29, 0.717) is 60.8 Å². The number of benzene rings is 1. The number of aromatic nitrogens is 2. The second kappa shape index (κ2) is 10.5. The number of hydrogen-bond acceptors (Lipinski definition) is 6. The highest BCUT2D eigenvalue weighted by molar-refractivity contribution is 7.89. The molecule has 10 nitrogen and oxygen atoms in total. The van der Waals surface area contributed by atoms with E-state index in [1.54, 1.807) is 10.4 Å². The maximum atomic E-state index is 13.6. The van der Waals surface area contributed by atoms with Crippen LogP contribution in [0.15, 0.2) is 18.2 Å². The lowest BCUT2D eigenvalue weighted by Gasteiger charge is -2.42. The van der Waals surface area contributed by atoms with Crippen molar-refractivity contribution in [2.45, 2.75) is 78.3 Å². The maximum Gasteiger partial charge on any atom is 0.258 e. The van der Waals surface area contributed by atoms with E-state index in [-0.39, 0.29) is 29.2 Å². The van der Waals surface area contributed by atoms with Gasteiger partial charge in [-0.1, -0.05) is 13.8 Å². The molecular weight excluding hydrogens is 528 g/mol. The largest absolute Gasteiger partial charge is 0.382 e. The number of amides is 2. The van der Waals surface area contributed by atoms with Crippen molar-refractivity contribution in [3.8, 4) is 5.69 Å². The Morgan fingerprint density at radius 3 is 2.45 bits per heavy atom. The summed E-state index contributed by atoms with van der Waals surface area (Å²) in [5.41, 5.74) is 9.32. The molecule has 2 amide bonds. The summed E-state index contributed by atoms with van der Waals surface area (Å²) in [6, 6.07) is 5.36. The van der Waals surface area contributed by atoms with Crippen LogP contribution in [0.4, 0.5) is 5.69 Å². The minimum atomic E-state index is -3.28. The molecule has 2 fully saturated rings. The van der Waals surface area contributed by atoms with Gasteiger partial charge in [-0.3, -0.25) is 9.59 Å². The summed E-state index contributed by atoms with van der Waals surface area (Å²) in [6.45, 7) is 11.6. The van der Waals surface area contributed by atoms with Crippen LogP contribution in [-0.4, -0.2) is 76.2 Å². The van der Waals surface area contributed by atoms with E-state index in [2.05, 4.69) is 19.2 Å². The molecule has 1 saturated heterocycles. The van der Waals surface area contributed by atoms with Gasteiger partial charge in [-0.2, -0.15) is 5.10 Å². The summed E-state index contributed by atoms with van der Waals surface area (Å²) in [6.07, 6.45) is 4.27. The predicted octanol–water partition coefficient (Wildman–Crippen LogP) is 3.33. The average Bonchev–Trinajstić information content (AvgIpc) is 3.62. The number of hydrogen-bond donors (Lipinski definition) is 2. The van der Waals surface area contributed by atoms with Crippen LogP contribution >= 0.6 is 0 Å². The van der Waals surface area contributed by atoms with Crippen LogP contribution in [0.5, 0.6) is 0 Å². The minimum Gasteiger partial charge on any atom is -0.382 e. The number of fused-ring (bicyclic) bond motifs is 1. The fourth-order valence-corrected chi connectivity index (χ4v) is 7.88. The molecule has 2 aromatic rings. The van der Waals surface area contributed by atoms with E-state index < -0.39 is 15.9 Å². The number of carbonyl (C=O) groups is 2. The van der Waals surface area contributed by atoms with Gasteiger partial charge in [0.1, 0.15) is 0 Å². The number of piperidine rings is 1. The Bertz CT molecular complexity index is 1420. The summed E-state index contributed by atoms with van der Waals surface area (Å²) >= 11 is 0.